The Hall–Kier alpha value is -1.03. The van der Waals surface area contributed by atoms with E-state index in [0.29, 0.717) is 12.0 Å². The topological polar surface area (TPSA) is 39.1 Å². The Balaban J connectivity index is 2.48. The lowest BCUT2D eigenvalue weighted by Gasteiger charge is -2.22. The fourth-order valence-electron chi connectivity index (χ4n) is 2.02. The van der Waals surface area contributed by atoms with Crippen molar-refractivity contribution in [3.63, 3.8) is 0 Å². The number of aryl methyl sites for hydroxylation is 1. The maximum Gasteiger partial charge on any atom is 0.202 e. The minimum atomic E-state index is 0.484. The Morgan fingerprint density at radius 2 is 2.17 bits per heavy atom. The first-order valence-corrected chi connectivity index (χ1v) is 7.04. The summed E-state index contributed by atoms with van der Waals surface area (Å²) in [5, 5.41) is 3.53. The predicted octanol–water partition coefficient (Wildman–Crippen LogP) is 3.16. The molecule has 0 aliphatic heterocycles. The van der Waals surface area contributed by atoms with E-state index in [9.17, 15) is 0 Å². The van der Waals surface area contributed by atoms with Crippen molar-refractivity contribution >= 4 is 5.95 Å². The van der Waals surface area contributed by atoms with Gasteiger partial charge in [0.25, 0.3) is 0 Å². The number of ether oxygens (including phenoxy) is 1. The zero-order valence-corrected chi connectivity index (χ0v) is 12.1. The van der Waals surface area contributed by atoms with Crippen LogP contribution < -0.4 is 5.32 Å². The quantitative estimate of drug-likeness (QED) is 0.687. The van der Waals surface area contributed by atoms with E-state index in [1.807, 2.05) is 19.3 Å². The molecule has 0 spiro atoms. The van der Waals surface area contributed by atoms with E-state index < -0.39 is 0 Å². The van der Waals surface area contributed by atoms with E-state index in [-0.39, 0.29) is 0 Å². The van der Waals surface area contributed by atoms with Crippen LogP contribution in [0.4, 0.5) is 5.95 Å². The van der Waals surface area contributed by atoms with Crippen LogP contribution in [0.5, 0.6) is 0 Å². The van der Waals surface area contributed by atoms with E-state index in [0.717, 1.165) is 38.5 Å². The molecule has 1 rings (SSSR count). The highest BCUT2D eigenvalue weighted by molar-refractivity contribution is 5.27. The molecular formula is C14H27N3O. The predicted molar refractivity (Wildman–Crippen MR) is 75.9 cm³/mol. The molecule has 0 saturated heterocycles. The second kappa shape index (κ2) is 8.14. The molecule has 0 aliphatic carbocycles. The summed E-state index contributed by atoms with van der Waals surface area (Å²) in [5.41, 5.74) is 0. The summed E-state index contributed by atoms with van der Waals surface area (Å²) in [5.74, 6) is 1.59. The van der Waals surface area contributed by atoms with Crippen LogP contribution in [-0.4, -0.2) is 28.8 Å². The summed E-state index contributed by atoms with van der Waals surface area (Å²) in [6, 6.07) is 0.484. The fourth-order valence-corrected chi connectivity index (χ4v) is 2.02. The van der Waals surface area contributed by atoms with Crippen molar-refractivity contribution in [2.24, 2.45) is 5.92 Å². The first kappa shape index (κ1) is 15.0. The highest BCUT2D eigenvalue weighted by atomic mass is 16.5. The van der Waals surface area contributed by atoms with E-state index in [4.69, 9.17) is 4.74 Å². The van der Waals surface area contributed by atoms with Gasteiger partial charge in [-0.2, -0.15) is 0 Å². The molecule has 0 saturated carbocycles. The van der Waals surface area contributed by atoms with Crippen molar-refractivity contribution in [1.29, 1.82) is 0 Å². The van der Waals surface area contributed by atoms with Crippen LogP contribution in [-0.2, 0) is 11.3 Å². The van der Waals surface area contributed by atoms with Crippen LogP contribution in [0.25, 0.3) is 0 Å². The smallest absolute Gasteiger partial charge is 0.202 e. The van der Waals surface area contributed by atoms with Gasteiger partial charge in [0.1, 0.15) is 0 Å². The Kier molecular flexibility index (Phi) is 6.80. The van der Waals surface area contributed by atoms with Gasteiger partial charge in [-0.1, -0.05) is 20.8 Å². The summed E-state index contributed by atoms with van der Waals surface area (Å²) in [4.78, 5) is 4.40. The third kappa shape index (κ3) is 4.69. The summed E-state index contributed by atoms with van der Waals surface area (Å²) >= 11 is 0. The van der Waals surface area contributed by atoms with Gasteiger partial charge in [0, 0.05) is 38.2 Å². The molecule has 0 fully saturated rings. The van der Waals surface area contributed by atoms with Crippen LogP contribution in [0.3, 0.4) is 0 Å². The van der Waals surface area contributed by atoms with Gasteiger partial charge < -0.3 is 14.6 Å². The molecule has 18 heavy (non-hydrogen) atoms. The standard InChI is InChI=1S/C14H27N3O/c1-5-13(12(3)4)16-14-15-8-10-17(14)9-7-11-18-6-2/h8,10,12-13H,5-7,9,11H2,1-4H3,(H,15,16). The summed E-state index contributed by atoms with van der Waals surface area (Å²) in [6.07, 6.45) is 6.03. The van der Waals surface area contributed by atoms with Gasteiger partial charge in [0.2, 0.25) is 5.95 Å². The fraction of sp³-hybridized carbons (Fsp3) is 0.786. The maximum absolute atomic E-state index is 5.36. The van der Waals surface area contributed by atoms with Gasteiger partial charge >= 0.3 is 0 Å². The lowest BCUT2D eigenvalue weighted by molar-refractivity contribution is 0.142. The lowest BCUT2D eigenvalue weighted by Crippen LogP contribution is -2.26. The van der Waals surface area contributed by atoms with E-state index >= 15 is 0 Å². The monoisotopic (exact) mass is 253 g/mol. The molecule has 1 heterocycles. The zero-order valence-electron chi connectivity index (χ0n) is 12.1. The number of aromatic nitrogens is 2. The Bertz CT molecular complexity index is 323. The first-order valence-electron chi connectivity index (χ1n) is 7.04. The lowest BCUT2D eigenvalue weighted by atomic mass is 10.0. The normalized spacial score (nSPS) is 12.9. The van der Waals surface area contributed by atoms with Gasteiger partial charge in [-0.25, -0.2) is 4.98 Å². The Labute approximate surface area is 111 Å². The van der Waals surface area contributed by atoms with Gasteiger partial charge in [-0.3, -0.25) is 0 Å². The molecule has 0 aliphatic rings. The number of nitrogens with zero attached hydrogens (tertiary/aromatic N) is 2. The van der Waals surface area contributed by atoms with E-state index in [1.165, 1.54) is 0 Å². The molecule has 1 unspecified atom stereocenters. The van der Waals surface area contributed by atoms with Crippen LogP contribution in [0, 0.1) is 5.92 Å². The SMILES string of the molecule is CCOCCCn1ccnc1NC(CC)C(C)C. The third-order valence-electron chi connectivity index (χ3n) is 3.17. The molecule has 0 radical (unpaired) electrons. The molecule has 104 valence electrons. The minimum Gasteiger partial charge on any atom is -0.382 e. The van der Waals surface area contributed by atoms with Crippen LogP contribution in [0.2, 0.25) is 0 Å². The molecule has 4 nitrogen and oxygen atoms in total. The average Bonchev–Trinajstić information content (AvgIpc) is 2.78. The number of hydrogen-bond donors (Lipinski definition) is 1. The molecule has 0 amide bonds. The van der Waals surface area contributed by atoms with Gasteiger partial charge in [0.05, 0.1) is 0 Å². The summed E-state index contributed by atoms with van der Waals surface area (Å²) in [7, 11) is 0. The second-order valence-corrected chi connectivity index (χ2v) is 4.90. The molecular weight excluding hydrogens is 226 g/mol. The highest BCUT2D eigenvalue weighted by Crippen LogP contribution is 2.14. The number of imidazole rings is 1. The summed E-state index contributed by atoms with van der Waals surface area (Å²) in [6.45, 7) is 11.3. The van der Waals surface area contributed by atoms with Crippen LogP contribution in [0.1, 0.15) is 40.5 Å². The Morgan fingerprint density at radius 3 is 2.78 bits per heavy atom. The number of anilines is 1. The zero-order chi connectivity index (χ0) is 13.4. The molecule has 1 N–H and O–H groups in total. The first-order chi connectivity index (χ1) is 8.69. The van der Waals surface area contributed by atoms with Gasteiger partial charge in [-0.15, -0.1) is 0 Å². The van der Waals surface area contributed by atoms with Crippen molar-refractivity contribution in [3.8, 4) is 0 Å². The molecule has 4 heteroatoms. The number of hydrogen-bond acceptors (Lipinski definition) is 3. The minimum absolute atomic E-state index is 0.484. The summed E-state index contributed by atoms with van der Waals surface area (Å²) < 4.78 is 7.53. The van der Waals surface area contributed by atoms with Crippen molar-refractivity contribution < 1.29 is 4.74 Å². The molecule has 1 aromatic rings. The number of rotatable bonds is 9. The van der Waals surface area contributed by atoms with Crippen molar-refractivity contribution in [3.05, 3.63) is 12.4 Å². The molecule has 0 bridgehead atoms. The third-order valence-corrected chi connectivity index (χ3v) is 3.17. The average molecular weight is 253 g/mol. The van der Waals surface area contributed by atoms with Crippen molar-refractivity contribution in [1.82, 2.24) is 9.55 Å². The number of nitrogens with one attached hydrogen (secondary N) is 1. The van der Waals surface area contributed by atoms with E-state index in [1.54, 1.807) is 0 Å². The molecule has 0 aromatic carbocycles. The highest BCUT2D eigenvalue weighted by Gasteiger charge is 2.13. The molecule has 1 aromatic heterocycles. The van der Waals surface area contributed by atoms with Crippen molar-refractivity contribution in [2.45, 2.75) is 53.1 Å². The van der Waals surface area contributed by atoms with Crippen LogP contribution in [0.15, 0.2) is 12.4 Å². The van der Waals surface area contributed by atoms with Crippen molar-refractivity contribution in [2.75, 3.05) is 18.5 Å². The van der Waals surface area contributed by atoms with Crippen LogP contribution >= 0.6 is 0 Å². The molecule has 1 atom stereocenters. The maximum atomic E-state index is 5.36. The second-order valence-electron chi connectivity index (χ2n) is 4.90. The largest absolute Gasteiger partial charge is 0.382 e. The van der Waals surface area contributed by atoms with E-state index in [2.05, 4.69) is 35.6 Å². The van der Waals surface area contributed by atoms with Gasteiger partial charge in [0.15, 0.2) is 0 Å². The van der Waals surface area contributed by atoms with Gasteiger partial charge in [-0.05, 0) is 25.7 Å². The Morgan fingerprint density at radius 1 is 1.39 bits per heavy atom.